The van der Waals surface area contributed by atoms with Gasteiger partial charge in [-0.2, -0.15) is 0 Å². The first-order valence-corrected chi connectivity index (χ1v) is 6.30. The first-order valence-electron chi connectivity index (χ1n) is 5.89. The Hall–Kier alpha value is -2.14. The number of imidazole rings is 1. The van der Waals surface area contributed by atoms with Crippen LogP contribution in [0.25, 0.3) is 11.6 Å². The van der Waals surface area contributed by atoms with E-state index in [2.05, 4.69) is 4.99 Å². The number of fused-ring (bicyclic) bond motifs is 1. The second-order valence-electron chi connectivity index (χ2n) is 4.48. The molecule has 19 heavy (non-hydrogen) atoms. The van der Waals surface area contributed by atoms with Gasteiger partial charge in [0.2, 0.25) is 5.88 Å². The zero-order chi connectivity index (χ0) is 13.6. The molecule has 0 bridgehead atoms. The molecule has 4 nitrogen and oxygen atoms in total. The van der Waals surface area contributed by atoms with Crippen LogP contribution in [0.15, 0.2) is 29.3 Å². The number of nitrogens with zero attached hydrogens (tertiary/aromatic N) is 3. The third kappa shape index (κ3) is 1.74. The summed E-state index contributed by atoms with van der Waals surface area (Å²) in [5.41, 5.74) is 3.68. The Morgan fingerprint density at radius 2 is 1.95 bits per heavy atom. The molecule has 1 aromatic heterocycles. The van der Waals surface area contributed by atoms with E-state index in [-0.39, 0.29) is 5.88 Å². The summed E-state index contributed by atoms with van der Waals surface area (Å²) in [5, 5.41) is 10.1. The van der Waals surface area contributed by atoms with Crippen molar-refractivity contribution in [2.75, 3.05) is 0 Å². The van der Waals surface area contributed by atoms with E-state index in [4.69, 9.17) is 12.2 Å². The van der Waals surface area contributed by atoms with E-state index in [1.54, 1.807) is 22.4 Å². The Balaban J connectivity index is 2.18. The normalized spacial score (nSPS) is 15.2. The van der Waals surface area contributed by atoms with Gasteiger partial charge >= 0.3 is 0 Å². The number of allylic oxidation sites excluding steroid dienone is 1. The molecule has 0 amide bonds. The maximum Gasteiger partial charge on any atom is 0.217 e. The predicted molar refractivity (Wildman–Crippen MR) is 79.3 cm³/mol. The molecule has 0 saturated heterocycles. The molecule has 0 radical (unpaired) electrons. The Morgan fingerprint density at radius 3 is 2.63 bits per heavy atom. The largest absolute Gasteiger partial charge is 0.493 e. The summed E-state index contributed by atoms with van der Waals surface area (Å²) < 4.78 is 3.94. The molecule has 1 aliphatic heterocycles. The molecular formula is C14H13N3OS. The van der Waals surface area contributed by atoms with Crippen LogP contribution in [0, 0.1) is 4.77 Å². The number of aromatic hydroxyl groups is 1. The molecule has 0 saturated carbocycles. The number of hydrogen-bond donors (Lipinski definition) is 1. The summed E-state index contributed by atoms with van der Waals surface area (Å²) in [6.45, 7) is 0. The molecular weight excluding hydrogens is 258 g/mol. The highest BCUT2D eigenvalue weighted by molar-refractivity contribution is 7.71. The maximum atomic E-state index is 10.1. The number of benzene rings is 1. The summed E-state index contributed by atoms with van der Waals surface area (Å²) in [7, 11) is 3.59. The molecule has 2 aromatic rings. The van der Waals surface area contributed by atoms with Gasteiger partial charge in [-0.1, -0.05) is 18.2 Å². The molecule has 0 atom stereocenters. The van der Waals surface area contributed by atoms with Gasteiger partial charge in [0.1, 0.15) is 5.69 Å². The lowest BCUT2D eigenvalue weighted by Crippen LogP contribution is -1.92. The number of hydrogen-bond acceptors (Lipinski definition) is 3. The minimum Gasteiger partial charge on any atom is -0.493 e. The van der Waals surface area contributed by atoms with Gasteiger partial charge in [0.05, 0.1) is 5.69 Å². The van der Waals surface area contributed by atoms with Crippen molar-refractivity contribution in [1.82, 2.24) is 9.13 Å². The predicted octanol–water partition coefficient (Wildman–Crippen LogP) is 3.06. The lowest BCUT2D eigenvalue weighted by Gasteiger charge is -2.00. The van der Waals surface area contributed by atoms with Crippen LogP contribution >= 0.6 is 12.2 Å². The second-order valence-corrected chi connectivity index (χ2v) is 4.85. The van der Waals surface area contributed by atoms with Crippen LogP contribution in [0.3, 0.4) is 0 Å². The van der Waals surface area contributed by atoms with Crippen molar-refractivity contribution in [3.05, 3.63) is 40.3 Å². The molecule has 0 aliphatic carbocycles. The highest BCUT2D eigenvalue weighted by Crippen LogP contribution is 2.33. The Labute approximate surface area is 116 Å². The second kappa shape index (κ2) is 4.20. The molecule has 3 rings (SSSR count). The molecule has 0 spiro atoms. The summed E-state index contributed by atoms with van der Waals surface area (Å²) in [5.74, 6) is 0.165. The van der Waals surface area contributed by atoms with Gasteiger partial charge < -0.3 is 9.67 Å². The van der Waals surface area contributed by atoms with Gasteiger partial charge in [0.15, 0.2) is 4.77 Å². The molecule has 0 unspecified atom stereocenters. The van der Waals surface area contributed by atoms with Gasteiger partial charge in [0.25, 0.3) is 0 Å². The fraction of sp³-hybridized carbons (Fsp3) is 0.143. The summed E-state index contributed by atoms with van der Waals surface area (Å²) in [4.78, 5) is 4.35. The van der Waals surface area contributed by atoms with Crippen molar-refractivity contribution in [2.45, 2.75) is 0 Å². The van der Waals surface area contributed by atoms with E-state index in [1.165, 1.54) is 0 Å². The third-order valence-electron chi connectivity index (χ3n) is 3.33. The van der Waals surface area contributed by atoms with Crippen molar-refractivity contribution in [3.63, 3.8) is 0 Å². The maximum absolute atomic E-state index is 10.1. The lowest BCUT2D eigenvalue weighted by atomic mass is 10.1. The minimum atomic E-state index is 0.165. The van der Waals surface area contributed by atoms with Crippen LogP contribution < -0.4 is 0 Å². The van der Waals surface area contributed by atoms with E-state index < -0.39 is 0 Å². The highest BCUT2D eigenvalue weighted by Gasteiger charge is 2.15. The van der Waals surface area contributed by atoms with Crippen molar-refractivity contribution in [1.29, 1.82) is 0 Å². The van der Waals surface area contributed by atoms with E-state index in [0.29, 0.717) is 10.5 Å². The van der Waals surface area contributed by atoms with Crippen LogP contribution in [-0.2, 0) is 14.1 Å². The third-order valence-corrected chi connectivity index (χ3v) is 3.88. The summed E-state index contributed by atoms with van der Waals surface area (Å²) >= 11 is 5.22. The number of aliphatic imine (C=N–C) groups is 1. The number of rotatable bonds is 1. The molecule has 1 N–H and O–H groups in total. The average molecular weight is 271 g/mol. The average Bonchev–Trinajstić information content (AvgIpc) is 2.91. The van der Waals surface area contributed by atoms with Crippen LogP contribution in [0.2, 0.25) is 0 Å². The molecule has 1 aliphatic rings. The molecule has 0 fully saturated rings. The molecule has 96 valence electrons. The van der Waals surface area contributed by atoms with Gasteiger partial charge in [-0.25, -0.2) is 0 Å². The zero-order valence-electron chi connectivity index (χ0n) is 10.7. The quantitative estimate of drug-likeness (QED) is 0.810. The number of para-hydroxylation sites is 1. The zero-order valence-corrected chi connectivity index (χ0v) is 11.5. The SMILES string of the molecule is Cn1c(O)c(/C=C2\C=Nc3ccccc32)n(C)c1=S. The van der Waals surface area contributed by atoms with Crippen molar-refractivity contribution in [2.24, 2.45) is 19.1 Å². The van der Waals surface area contributed by atoms with Crippen molar-refractivity contribution in [3.8, 4) is 5.88 Å². The first-order chi connectivity index (χ1) is 9.09. The smallest absolute Gasteiger partial charge is 0.217 e. The van der Waals surface area contributed by atoms with Gasteiger partial charge in [-0.05, 0) is 24.4 Å². The van der Waals surface area contributed by atoms with Crippen molar-refractivity contribution < 1.29 is 5.11 Å². The lowest BCUT2D eigenvalue weighted by molar-refractivity contribution is 0.430. The molecule has 1 aromatic carbocycles. The fourth-order valence-corrected chi connectivity index (χ4v) is 2.39. The summed E-state index contributed by atoms with van der Waals surface area (Å²) in [6.07, 6.45) is 3.71. The first kappa shape index (κ1) is 11.9. The van der Waals surface area contributed by atoms with Crippen LogP contribution in [-0.4, -0.2) is 20.5 Å². The van der Waals surface area contributed by atoms with Gasteiger partial charge in [-0.15, -0.1) is 0 Å². The van der Waals surface area contributed by atoms with Crippen molar-refractivity contribution >= 4 is 35.8 Å². The standard InChI is InChI=1S/C14H13N3OS/c1-16-12(13(18)17(2)14(16)19)7-9-8-15-11-6-4-3-5-10(9)11/h3-8,18H,1-2H3/b9-7+. The topological polar surface area (TPSA) is 42.4 Å². The van der Waals surface area contributed by atoms with Gasteiger partial charge in [0, 0.05) is 31.4 Å². The fourth-order valence-electron chi connectivity index (χ4n) is 2.20. The monoisotopic (exact) mass is 271 g/mol. The summed E-state index contributed by atoms with van der Waals surface area (Å²) in [6, 6.07) is 7.92. The number of aromatic nitrogens is 2. The molecule has 2 heterocycles. The highest BCUT2D eigenvalue weighted by atomic mass is 32.1. The van der Waals surface area contributed by atoms with E-state index in [0.717, 1.165) is 16.8 Å². The van der Waals surface area contributed by atoms with E-state index in [1.807, 2.05) is 37.4 Å². The Bertz CT molecular complexity index is 780. The van der Waals surface area contributed by atoms with Crippen LogP contribution in [0.5, 0.6) is 5.88 Å². The van der Waals surface area contributed by atoms with Gasteiger partial charge in [-0.3, -0.25) is 9.56 Å². The molecule has 5 heteroatoms. The minimum absolute atomic E-state index is 0.165. The van der Waals surface area contributed by atoms with E-state index >= 15 is 0 Å². The van der Waals surface area contributed by atoms with Crippen LogP contribution in [0.1, 0.15) is 11.3 Å². The van der Waals surface area contributed by atoms with E-state index in [9.17, 15) is 5.11 Å². The van der Waals surface area contributed by atoms with Crippen LogP contribution in [0.4, 0.5) is 5.69 Å². The Kier molecular flexibility index (Phi) is 2.64. The Morgan fingerprint density at radius 1 is 1.21 bits per heavy atom.